The molecule has 150 valence electrons. The molecule has 0 fully saturated rings. The Morgan fingerprint density at radius 2 is 2.00 bits per heavy atom. The van der Waals surface area contributed by atoms with Gasteiger partial charge < -0.3 is 19.7 Å². The van der Waals surface area contributed by atoms with E-state index in [1.807, 2.05) is 18.2 Å². The van der Waals surface area contributed by atoms with Gasteiger partial charge in [-0.15, -0.1) is 0 Å². The fourth-order valence-corrected chi connectivity index (χ4v) is 4.07. The number of quaternary nitrogens is 1. The van der Waals surface area contributed by atoms with Gasteiger partial charge in [0.15, 0.2) is 0 Å². The Balaban J connectivity index is 1.20. The van der Waals surface area contributed by atoms with Gasteiger partial charge in [0.1, 0.15) is 5.75 Å². The molecule has 0 aliphatic carbocycles. The molecule has 1 N–H and O–H groups in total. The number of ether oxygens (including phenoxy) is 2. The number of hydrogen-bond donors (Lipinski definition) is 1. The normalized spacial score (nSPS) is 19.0. The summed E-state index contributed by atoms with van der Waals surface area (Å²) in [4.78, 5) is 6.93. The number of nitrogens with one attached hydrogen (secondary N) is 1. The zero-order valence-electron chi connectivity index (χ0n) is 16.6. The van der Waals surface area contributed by atoms with Gasteiger partial charge >= 0.3 is 0 Å². The number of aryl methyl sites for hydroxylation is 1. The number of fused-ring (bicyclic) bond motifs is 2. The summed E-state index contributed by atoms with van der Waals surface area (Å²) in [5.41, 5.74) is 3.88. The lowest BCUT2D eigenvalue weighted by atomic mass is 9.99. The van der Waals surface area contributed by atoms with E-state index < -0.39 is 0 Å². The molecule has 3 heterocycles. The minimum Gasteiger partial charge on any atom is -0.628 e. The van der Waals surface area contributed by atoms with Gasteiger partial charge in [0, 0.05) is 31.1 Å². The summed E-state index contributed by atoms with van der Waals surface area (Å²) in [6, 6.07) is 10.3. The molecule has 28 heavy (non-hydrogen) atoms. The lowest BCUT2D eigenvalue weighted by Crippen LogP contribution is -3.03. The molecule has 1 unspecified atom stereocenters. The standard InChI is InChI=1S/C22H29N3O3/c1-27-20-8-6-19-16-24(13-10-18(19)15-20)11-2-3-14-28-21-9-7-17-5-4-12-25(26)22(17)23-21/h6-9,15,25H,2-5,10-14,16H2,1H3. The first-order valence-electron chi connectivity index (χ1n) is 10.3. The highest BCUT2D eigenvalue weighted by molar-refractivity contribution is 5.37. The highest BCUT2D eigenvalue weighted by atomic mass is 16.5. The summed E-state index contributed by atoms with van der Waals surface area (Å²) in [6.07, 6.45) is 5.03. The molecule has 0 radical (unpaired) electrons. The Hall–Kier alpha value is -2.15. The molecule has 2 aliphatic rings. The molecule has 2 aromatic rings. The molecule has 6 nitrogen and oxygen atoms in total. The smallest absolute Gasteiger partial charge is 0.232 e. The van der Waals surface area contributed by atoms with Crippen molar-refractivity contribution in [2.75, 3.05) is 33.4 Å². The third-order valence-electron chi connectivity index (χ3n) is 5.69. The summed E-state index contributed by atoms with van der Waals surface area (Å²) in [7, 11) is 1.72. The van der Waals surface area contributed by atoms with Gasteiger partial charge in [-0.3, -0.25) is 4.90 Å². The second kappa shape index (κ2) is 8.90. The topological polar surface area (TPSA) is 62.1 Å². The molecule has 0 spiro atoms. The van der Waals surface area contributed by atoms with Crippen LogP contribution in [0.5, 0.6) is 11.6 Å². The quantitative estimate of drug-likeness (QED) is 0.587. The molecule has 6 heteroatoms. The van der Waals surface area contributed by atoms with Crippen LogP contribution in [-0.4, -0.2) is 43.2 Å². The van der Waals surface area contributed by atoms with Crippen LogP contribution in [0.3, 0.4) is 0 Å². The van der Waals surface area contributed by atoms with Crippen LogP contribution >= 0.6 is 0 Å². The predicted molar refractivity (Wildman–Crippen MR) is 108 cm³/mol. The fraction of sp³-hybridized carbons (Fsp3) is 0.500. The largest absolute Gasteiger partial charge is 0.628 e. The zero-order chi connectivity index (χ0) is 19.3. The maximum Gasteiger partial charge on any atom is 0.232 e. The lowest BCUT2D eigenvalue weighted by molar-refractivity contribution is -0.782. The van der Waals surface area contributed by atoms with E-state index in [1.165, 1.54) is 11.1 Å². The lowest BCUT2D eigenvalue weighted by Gasteiger charge is -2.29. The predicted octanol–water partition coefficient (Wildman–Crippen LogP) is 2.27. The van der Waals surface area contributed by atoms with Crippen molar-refractivity contribution in [3.05, 3.63) is 52.2 Å². The third kappa shape index (κ3) is 4.46. The van der Waals surface area contributed by atoms with Crippen LogP contribution in [0, 0.1) is 5.21 Å². The maximum atomic E-state index is 12.0. The highest BCUT2D eigenvalue weighted by Crippen LogP contribution is 2.24. The Kier molecular flexibility index (Phi) is 6.10. The first kappa shape index (κ1) is 19.2. The van der Waals surface area contributed by atoms with E-state index in [0.29, 0.717) is 24.8 Å². The van der Waals surface area contributed by atoms with Gasteiger partial charge in [0.2, 0.25) is 11.7 Å². The average Bonchev–Trinajstić information content (AvgIpc) is 2.73. The van der Waals surface area contributed by atoms with Crippen LogP contribution in [0.4, 0.5) is 5.82 Å². The van der Waals surface area contributed by atoms with Crippen molar-refractivity contribution in [2.24, 2.45) is 0 Å². The third-order valence-corrected chi connectivity index (χ3v) is 5.69. The molecule has 1 aromatic heterocycles. The van der Waals surface area contributed by atoms with Crippen LogP contribution < -0.4 is 14.5 Å². The molecule has 0 saturated carbocycles. The molecule has 1 aromatic carbocycles. The number of pyridine rings is 1. The second-order valence-corrected chi connectivity index (χ2v) is 7.65. The monoisotopic (exact) mass is 383 g/mol. The van der Waals surface area contributed by atoms with Crippen LogP contribution in [0.25, 0.3) is 0 Å². The first-order chi connectivity index (χ1) is 13.7. The van der Waals surface area contributed by atoms with Crippen LogP contribution in [0.15, 0.2) is 30.3 Å². The summed E-state index contributed by atoms with van der Waals surface area (Å²) in [5.74, 6) is 2.14. The molecule has 1 atom stereocenters. The second-order valence-electron chi connectivity index (χ2n) is 7.65. The van der Waals surface area contributed by atoms with Crippen LogP contribution in [-0.2, 0) is 19.4 Å². The average molecular weight is 383 g/mol. The van der Waals surface area contributed by atoms with E-state index in [9.17, 15) is 5.21 Å². The van der Waals surface area contributed by atoms with Gasteiger partial charge in [0.05, 0.1) is 20.3 Å². The van der Waals surface area contributed by atoms with E-state index in [0.717, 1.165) is 63.1 Å². The van der Waals surface area contributed by atoms with Crippen molar-refractivity contribution in [3.8, 4) is 11.6 Å². The van der Waals surface area contributed by atoms with Crippen LogP contribution in [0.2, 0.25) is 0 Å². The van der Waals surface area contributed by atoms with Crippen molar-refractivity contribution >= 4 is 5.82 Å². The Bertz CT molecular complexity index is 812. The first-order valence-corrected chi connectivity index (χ1v) is 10.3. The summed E-state index contributed by atoms with van der Waals surface area (Å²) >= 11 is 0. The van der Waals surface area contributed by atoms with E-state index in [-0.39, 0.29) is 5.06 Å². The van der Waals surface area contributed by atoms with Crippen molar-refractivity contribution in [2.45, 2.75) is 38.6 Å². The Morgan fingerprint density at radius 1 is 1.11 bits per heavy atom. The molecule has 0 bridgehead atoms. The number of methoxy groups -OCH3 is 1. The molecule has 0 saturated heterocycles. The summed E-state index contributed by atoms with van der Waals surface area (Å²) in [6.45, 7) is 4.42. The van der Waals surface area contributed by atoms with Gasteiger partial charge in [-0.25, -0.2) is 0 Å². The maximum absolute atomic E-state index is 12.0. The number of unbranched alkanes of at least 4 members (excludes halogenated alkanes) is 1. The Morgan fingerprint density at radius 3 is 2.89 bits per heavy atom. The number of benzene rings is 1. The van der Waals surface area contributed by atoms with Gasteiger partial charge in [-0.05, 0) is 61.6 Å². The van der Waals surface area contributed by atoms with E-state index in [2.05, 4.69) is 22.0 Å². The van der Waals surface area contributed by atoms with Crippen molar-refractivity contribution in [3.63, 3.8) is 0 Å². The summed E-state index contributed by atoms with van der Waals surface area (Å²) < 4.78 is 11.1. The molecular weight excluding hydrogens is 354 g/mol. The summed E-state index contributed by atoms with van der Waals surface area (Å²) in [5, 5.41) is 12.1. The SMILES string of the molecule is COc1ccc2c(c1)CCN(CCCCOc1ccc3c(n1)[NH+]([O-])CCC3)C2. The van der Waals surface area contributed by atoms with E-state index in [1.54, 1.807) is 7.11 Å². The Labute approximate surface area is 166 Å². The molecule has 2 aliphatic heterocycles. The minimum atomic E-state index is 0.148. The van der Waals surface area contributed by atoms with Crippen molar-refractivity contribution in [1.82, 2.24) is 9.88 Å². The molecular formula is C22H29N3O3. The number of nitrogens with zero attached hydrogens (tertiary/aromatic N) is 2. The minimum absolute atomic E-state index is 0.148. The number of rotatable bonds is 7. The van der Waals surface area contributed by atoms with Crippen molar-refractivity contribution < 1.29 is 14.5 Å². The molecule has 4 rings (SSSR count). The highest BCUT2D eigenvalue weighted by Gasteiger charge is 2.19. The van der Waals surface area contributed by atoms with Crippen molar-refractivity contribution in [1.29, 1.82) is 0 Å². The zero-order valence-corrected chi connectivity index (χ0v) is 16.6. The van der Waals surface area contributed by atoms with Gasteiger partial charge in [-0.2, -0.15) is 4.98 Å². The van der Waals surface area contributed by atoms with Gasteiger partial charge in [-0.1, -0.05) is 6.07 Å². The fourth-order valence-electron chi connectivity index (χ4n) is 4.07. The number of aromatic nitrogens is 1. The molecule has 0 amide bonds. The van der Waals surface area contributed by atoms with Gasteiger partial charge in [0.25, 0.3) is 0 Å². The number of hydrogen-bond acceptors (Lipinski definition) is 5. The van der Waals surface area contributed by atoms with Crippen LogP contribution in [0.1, 0.15) is 36.0 Å². The van der Waals surface area contributed by atoms with E-state index >= 15 is 0 Å². The van der Waals surface area contributed by atoms with E-state index in [4.69, 9.17) is 9.47 Å². The number of hydroxylamine groups is 1.